The maximum absolute atomic E-state index is 11.8. The van der Waals surface area contributed by atoms with Crippen molar-refractivity contribution < 1.29 is 14.3 Å². The molecular formula is C15H19ClN4O3. The number of nitrogens with zero attached hydrogens (tertiary/aromatic N) is 1. The average molecular weight is 339 g/mol. The maximum atomic E-state index is 11.8. The number of halogens is 1. The number of ether oxygens (including phenoxy) is 1. The molecule has 0 aliphatic carbocycles. The Morgan fingerprint density at radius 2 is 2.17 bits per heavy atom. The van der Waals surface area contributed by atoms with Crippen LogP contribution in [0.5, 0.6) is 0 Å². The lowest BCUT2D eigenvalue weighted by atomic mass is 10.1. The molecule has 0 radical (unpaired) electrons. The van der Waals surface area contributed by atoms with Crippen molar-refractivity contribution in [3.05, 3.63) is 29.2 Å². The van der Waals surface area contributed by atoms with Crippen LogP contribution in [-0.2, 0) is 16.0 Å². The molecule has 2 rings (SSSR count). The molecule has 0 bridgehead atoms. The van der Waals surface area contributed by atoms with Crippen LogP contribution in [0.2, 0.25) is 5.15 Å². The van der Waals surface area contributed by atoms with E-state index >= 15 is 0 Å². The number of nitrogens with two attached hydrogens (primary N) is 1. The molecule has 0 aliphatic heterocycles. The molecule has 0 spiro atoms. The van der Waals surface area contributed by atoms with Gasteiger partial charge < -0.3 is 20.8 Å². The zero-order valence-corrected chi connectivity index (χ0v) is 13.9. The van der Waals surface area contributed by atoms with E-state index in [0.717, 1.165) is 11.1 Å². The highest BCUT2D eigenvalue weighted by molar-refractivity contribution is 6.34. The van der Waals surface area contributed by atoms with Gasteiger partial charge in [0.2, 0.25) is 5.91 Å². The Balaban J connectivity index is 2.19. The molecule has 7 nitrogen and oxygen atoms in total. The summed E-state index contributed by atoms with van der Waals surface area (Å²) in [6, 6.07) is 0.853. The second kappa shape index (κ2) is 6.45. The van der Waals surface area contributed by atoms with Crippen molar-refractivity contribution in [2.24, 2.45) is 5.73 Å². The second-order valence-electron chi connectivity index (χ2n) is 6.14. The standard InChI is InChI=1S/C15H19ClN4O3/c1-15(2,3)23-14(22)20-10(13(17)21)6-8-7-19-9-4-5-18-12(16)11(8)9/h4-5,7,10,19H,6H2,1-3H3,(H2,17,21)(H,20,22). The number of fused-ring (bicyclic) bond motifs is 1. The second-order valence-corrected chi connectivity index (χ2v) is 6.50. The number of H-pyrrole nitrogens is 1. The molecule has 2 heterocycles. The van der Waals surface area contributed by atoms with Crippen LogP contribution in [0, 0.1) is 0 Å². The highest BCUT2D eigenvalue weighted by Crippen LogP contribution is 2.25. The smallest absolute Gasteiger partial charge is 0.408 e. The number of pyridine rings is 1. The summed E-state index contributed by atoms with van der Waals surface area (Å²) in [6.07, 6.45) is 2.77. The van der Waals surface area contributed by atoms with Gasteiger partial charge in [-0.25, -0.2) is 9.78 Å². The van der Waals surface area contributed by atoms with E-state index in [-0.39, 0.29) is 6.42 Å². The van der Waals surface area contributed by atoms with Gasteiger partial charge in [-0.2, -0.15) is 0 Å². The summed E-state index contributed by atoms with van der Waals surface area (Å²) in [6.45, 7) is 5.20. The molecule has 0 aromatic carbocycles. The summed E-state index contributed by atoms with van der Waals surface area (Å²) in [4.78, 5) is 30.5. The number of carbonyl (C=O) groups is 2. The van der Waals surface area contributed by atoms with E-state index in [9.17, 15) is 9.59 Å². The molecule has 1 unspecified atom stereocenters. The Morgan fingerprint density at radius 3 is 2.78 bits per heavy atom. The van der Waals surface area contributed by atoms with E-state index < -0.39 is 23.6 Å². The third-order valence-electron chi connectivity index (χ3n) is 3.09. The summed E-state index contributed by atoms with van der Waals surface area (Å²) in [5.41, 5.74) is 6.24. The Morgan fingerprint density at radius 1 is 1.48 bits per heavy atom. The van der Waals surface area contributed by atoms with Gasteiger partial charge in [0, 0.05) is 24.2 Å². The number of amides is 2. The Kier molecular flexibility index (Phi) is 4.79. The van der Waals surface area contributed by atoms with Crippen molar-refractivity contribution >= 4 is 34.5 Å². The summed E-state index contributed by atoms with van der Waals surface area (Å²) < 4.78 is 5.14. The molecule has 2 aromatic heterocycles. The lowest BCUT2D eigenvalue weighted by molar-refractivity contribution is -0.120. The molecule has 8 heteroatoms. The van der Waals surface area contributed by atoms with Gasteiger partial charge in [-0.05, 0) is 32.4 Å². The van der Waals surface area contributed by atoms with E-state index in [1.54, 1.807) is 39.2 Å². The minimum atomic E-state index is -0.917. The van der Waals surface area contributed by atoms with E-state index in [1.165, 1.54) is 0 Å². The van der Waals surface area contributed by atoms with Gasteiger partial charge in [0.15, 0.2) is 0 Å². The molecule has 1 atom stereocenters. The SMILES string of the molecule is CC(C)(C)OC(=O)NC(Cc1c[nH]c2ccnc(Cl)c12)C(N)=O. The van der Waals surface area contributed by atoms with Crippen LogP contribution in [0.4, 0.5) is 4.79 Å². The molecule has 2 aromatic rings. The lowest BCUT2D eigenvalue weighted by Gasteiger charge is -2.22. The fourth-order valence-electron chi connectivity index (χ4n) is 2.15. The van der Waals surface area contributed by atoms with E-state index in [0.29, 0.717) is 10.5 Å². The number of nitrogens with one attached hydrogen (secondary N) is 2. The van der Waals surface area contributed by atoms with Gasteiger partial charge in [-0.15, -0.1) is 0 Å². The zero-order valence-electron chi connectivity index (χ0n) is 13.1. The van der Waals surface area contributed by atoms with Gasteiger partial charge in [0.25, 0.3) is 0 Å². The van der Waals surface area contributed by atoms with Gasteiger partial charge in [-0.1, -0.05) is 11.6 Å². The first-order valence-corrected chi connectivity index (χ1v) is 7.44. The van der Waals surface area contributed by atoms with Gasteiger partial charge in [0.05, 0.1) is 5.52 Å². The van der Waals surface area contributed by atoms with Crippen molar-refractivity contribution in [2.75, 3.05) is 0 Å². The molecule has 124 valence electrons. The number of aromatic nitrogens is 2. The predicted molar refractivity (Wildman–Crippen MR) is 87.2 cm³/mol. The van der Waals surface area contributed by atoms with Crippen LogP contribution < -0.4 is 11.1 Å². The number of hydrogen-bond donors (Lipinski definition) is 3. The summed E-state index contributed by atoms with van der Waals surface area (Å²) >= 11 is 6.10. The summed E-state index contributed by atoms with van der Waals surface area (Å²) in [7, 11) is 0. The third kappa shape index (κ3) is 4.35. The number of carbonyl (C=O) groups excluding carboxylic acids is 2. The highest BCUT2D eigenvalue weighted by atomic mass is 35.5. The third-order valence-corrected chi connectivity index (χ3v) is 3.37. The molecule has 0 fully saturated rings. The van der Waals surface area contributed by atoms with Crippen molar-refractivity contribution in [2.45, 2.75) is 38.8 Å². The minimum Gasteiger partial charge on any atom is -0.444 e. The van der Waals surface area contributed by atoms with Crippen molar-refractivity contribution in [1.82, 2.24) is 15.3 Å². The van der Waals surface area contributed by atoms with Crippen LogP contribution in [0.25, 0.3) is 10.9 Å². The van der Waals surface area contributed by atoms with Crippen LogP contribution in [-0.4, -0.2) is 33.6 Å². The van der Waals surface area contributed by atoms with E-state index in [1.807, 2.05) is 0 Å². The van der Waals surface area contributed by atoms with E-state index in [4.69, 9.17) is 22.1 Å². The highest BCUT2D eigenvalue weighted by Gasteiger charge is 2.24. The van der Waals surface area contributed by atoms with Crippen LogP contribution >= 0.6 is 11.6 Å². The number of alkyl carbamates (subject to hydrolysis) is 1. The first-order chi connectivity index (χ1) is 10.7. The van der Waals surface area contributed by atoms with Crippen molar-refractivity contribution in [1.29, 1.82) is 0 Å². The topological polar surface area (TPSA) is 110 Å². The number of rotatable bonds is 4. The number of primary amides is 1. The molecular weight excluding hydrogens is 320 g/mol. The van der Waals surface area contributed by atoms with Crippen LogP contribution in [0.3, 0.4) is 0 Å². The molecule has 4 N–H and O–H groups in total. The Bertz CT molecular complexity index is 736. The Hall–Kier alpha value is -2.28. The molecule has 0 aliphatic rings. The van der Waals surface area contributed by atoms with Crippen LogP contribution in [0.15, 0.2) is 18.5 Å². The number of hydrogen-bond acceptors (Lipinski definition) is 4. The molecule has 0 saturated carbocycles. The molecule has 0 saturated heterocycles. The van der Waals surface area contributed by atoms with Gasteiger partial charge >= 0.3 is 6.09 Å². The fourth-order valence-corrected chi connectivity index (χ4v) is 2.43. The molecule has 23 heavy (non-hydrogen) atoms. The predicted octanol–water partition coefficient (Wildman–Crippen LogP) is 2.14. The number of aromatic amines is 1. The van der Waals surface area contributed by atoms with Crippen molar-refractivity contribution in [3.63, 3.8) is 0 Å². The maximum Gasteiger partial charge on any atom is 0.408 e. The normalized spacial score (nSPS) is 12.9. The monoisotopic (exact) mass is 338 g/mol. The van der Waals surface area contributed by atoms with Gasteiger partial charge in [0.1, 0.15) is 16.8 Å². The quantitative estimate of drug-likeness (QED) is 0.741. The Labute approximate surface area is 138 Å². The van der Waals surface area contributed by atoms with Crippen LogP contribution in [0.1, 0.15) is 26.3 Å². The molecule has 2 amide bonds. The van der Waals surface area contributed by atoms with Crippen molar-refractivity contribution in [3.8, 4) is 0 Å². The minimum absolute atomic E-state index is 0.181. The van der Waals surface area contributed by atoms with E-state index in [2.05, 4.69) is 15.3 Å². The summed E-state index contributed by atoms with van der Waals surface area (Å²) in [5, 5.41) is 3.50. The summed E-state index contributed by atoms with van der Waals surface area (Å²) in [5.74, 6) is -0.662. The fraction of sp³-hybridized carbons (Fsp3) is 0.400. The average Bonchev–Trinajstić information content (AvgIpc) is 2.80. The van der Waals surface area contributed by atoms with Gasteiger partial charge in [-0.3, -0.25) is 4.79 Å². The first kappa shape index (κ1) is 17.1. The first-order valence-electron chi connectivity index (χ1n) is 7.06. The zero-order chi connectivity index (χ0) is 17.2. The lowest BCUT2D eigenvalue weighted by Crippen LogP contribution is -2.47. The largest absolute Gasteiger partial charge is 0.444 e.